The highest BCUT2D eigenvalue weighted by Crippen LogP contribution is 2.48. The minimum atomic E-state index is 0.911. The maximum Gasteiger partial charge on any atom is 0.136 e. The highest BCUT2D eigenvalue weighted by Gasteiger charge is 2.21. The van der Waals surface area contributed by atoms with E-state index in [1.807, 2.05) is 11.3 Å². The molecule has 2 heterocycles. The van der Waals surface area contributed by atoms with Crippen LogP contribution in [0.25, 0.3) is 119 Å². The summed E-state index contributed by atoms with van der Waals surface area (Å²) in [6.45, 7) is 0. The third-order valence-electron chi connectivity index (χ3n) is 11.4. The SMILES string of the molecule is c1ccc2c(-c3ccc4c(-c5cccc6ccccc56)c5ccccc5c(-c5ccc6oc7ccc8sc9ccccc9c8c7c6c5)c4c3)cccc2c1. The van der Waals surface area contributed by atoms with Crippen molar-refractivity contribution in [1.29, 1.82) is 0 Å². The van der Waals surface area contributed by atoms with Gasteiger partial charge in [0.2, 0.25) is 0 Å². The van der Waals surface area contributed by atoms with Crippen molar-refractivity contribution in [1.82, 2.24) is 0 Å². The molecule has 0 bridgehead atoms. The second-order valence-electron chi connectivity index (χ2n) is 14.3. The van der Waals surface area contributed by atoms with Gasteiger partial charge in [0, 0.05) is 30.9 Å². The third kappa shape index (κ3) is 4.26. The van der Waals surface area contributed by atoms with Gasteiger partial charge < -0.3 is 4.42 Å². The lowest BCUT2D eigenvalue weighted by atomic mass is 9.83. The minimum absolute atomic E-state index is 0.911. The van der Waals surface area contributed by atoms with E-state index >= 15 is 0 Å². The summed E-state index contributed by atoms with van der Waals surface area (Å²) >= 11 is 1.85. The average Bonchev–Trinajstić information content (AvgIpc) is 3.80. The second-order valence-corrected chi connectivity index (χ2v) is 15.4. The molecule has 1 nitrogen and oxygen atoms in total. The molecule has 0 N–H and O–H groups in total. The van der Waals surface area contributed by atoms with Gasteiger partial charge in [-0.1, -0.05) is 146 Å². The van der Waals surface area contributed by atoms with E-state index in [0.717, 1.165) is 16.6 Å². The van der Waals surface area contributed by atoms with Crippen LogP contribution in [0.3, 0.4) is 0 Å². The van der Waals surface area contributed by atoms with Crippen molar-refractivity contribution in [3.8, 4) is 33.4 Å². The summed E-state index contributed by atoms with van der Waals surface area (Å²) in [5, 5.41) is 14.9. The predicted molar refractivity (Wildman–Crippen MR) is 233 cm³/mol. The summed E-state index contributed by atoms with van der Waals surface area (Å²) in [7, 11) is 0. The zero-order valence-electron chi connectivity index (χ0n) is 29.1. The fourth-order valence-corrected chi connectivity index (χ4v) is 10.2. The van der Waals surface area contributed by atoms with Gasteiger partial charge in [-0.3, -0.25) is 0 Å². The Morgan fingerprint density at radius 3 is 1.69 bits per heavy atom. The molecule has 54 heavy (non-hydrogen) atoms. The van der Waals surface area contributed by atoms with Gasteiger partial charge in [0.15, 0.2) is 0 Å². The van der Waals surface area contributed by atoms with Gasteiger partial charge in [-0.2, -0.15) is 0 Å². The molecule has 0 amide bonds. The lowest BCUT2D eigenvalue weighted by molar-refractivity contribution is 0.669. The summed E-state index contributed by atoms with van der Waals surface area (Å²) in [5.74, 6) is 0. The molecule has 2 heteroatoms. The van der Waals surface area contributed by atoms with E-state index in [2.05, 4.69) is 182 Å². The molecule has 250 valence electrons. The van der Waals surface area contributed by atoms with Crippen LogP contribution in [0.2, 0.25) is 0 Å². The van der Waals surface area contributed by atoms with Gasteiger partial charge in [-0.05, 0) is 113 Å². The molecular weight excluding hydrogens is 673 g/mol. The van der Waals surface area contributed by atoms with Crippen molar-refractivity contribution < 1.29 is 4.42 Å². The van der Waals surface area contributed by atoms with Crippen LogP contribution in [0.4, 0.5) is 0 Å². The molecule has 0 aliphatic rings. The number of benzene rings is 10. The van der Waals surface area contributed by atoms with E-state index in [-0.39, 0.29) is 0 Å². The van der Waals surface area contributed by atoms with Crippen molar-refractivity contribution in [3.63, 3.8) is 0 Å². The first-order valence-corrected chi connectivity index (χ1v) is 19.3. The fourth-order valence-electron chi connectivity index (χ4n) is 9.11. The first-order valence-electron chi connectivity index (χ1n) is 18.5. The van der Waals surface area contributed by atoms with Gasteiger partial charge >= 0.3 is 0 Å². The minimum Gasteiger partial charge on any atom is -0.456 e. The number of rotatable bonds is 3. The number of fused-ring (bicyclic) bond motifs is 11. The van der Waals surface area contributed by atoms with E-state index in [0.29, 0.717) is 0 Å². The standard InChI is InChI=1S/C52H30OS/c1-3-15-35-31(11-1)13-9-20-37(35)33-23-25-41-43(29-33)49(39-17-5-6-18-40(39)50(41)38-21-10-14-32-12-2-4-16-36(32)38)34-24-26-45-44(30-34)51-46(53-45)27-28-48-52(51)42-19-7-8-22-47(42)54-48/h1-30H. The van der Waals surface area contributed by atoms with E-state index in [9.17, 15) is 0 Å². The quantitative estimate of drug-likeness (QED) is 0.167. The summed E-state index contributed by atoms with van der Waals surface area (Å²) < 4.78 is 9.17. The van der Waals surface area contributed by atoms with Crippen molar-refractivity contribution in [2.75, 3.05) is 0 Å². The zero-order valence-corrected chi connectivity index (χ0v) is 30.0. The molecule has 0 aliphatic carbocycles. The molecule has 12 aromatic rings. The Morgan fingerprint density at radius 2 is 0.889 bits per heavy atom. The Labute approximate surface area is 314 Å². The lowest BCUT2D eigenvalue weighted by Gasteiger charge is -2.20. The number of hydrogen-bond acceptors (Lipinski definition) is 2. The molecule has 0 fully saturated rings. The molecule has 2 aromatic heterocycles. The van der Waals surface area contributed by atoms with Crippen molar-refractivity contribution in [2.24, 2.45) is 0 Å². The Kier molecular flexibility index (Phi) is 6.28. The molecular formula is C52H30OS. The maximum atomic E-state index is 6.58. The van der Waals surface area contributed by atoms with E-state index in [1.54, 1.807) is 0 Å². The van der Waals surface area contributed by atoms with Gasteiger partial charge in [0.1, 0.15) is 11.2 Å². The van der Waals surface area contributed by atoms with Crippen LogP contribution in [0.5, 0.6) is 0 Å². The smallest absolute Gasteiger partial charge is 0.136 e. The number of thiophene rings is 1. The summed E-state index contributed by atoms with van der Waals surface area (Å²) in [6, 6.07) is 66.9. The van der Waals surface area contributed by atoms with Gasteiger partial charge in [0.05, 0.1) is 0 Å². The topological polar surface area (TPSA) is 13.1 Å². The maximum absolute atomic E-state index is 6.58. The van der Waals surface area contributed by atoms with Crippen molar-refractivity contribution in [3.05, 3.63) is 182 Å². The zero-order chi connectivity index (χ0) is 35.3. The molecule has 0 radical (unpaired) electrons. The second kappa shape index (κ2) is 11.4. The number of furan rings is 1. The van der Waals surface area contributed by atoms with Gasteiger partial charge in [0.25, 0.3) is 0 Å². The van der Waals surface area contributed by atoms with Gasteiger partial charge in [-0.25, -0.2) is 0 Å². The molecule has 0 saturated carbocycles. The predicted octanol–water partition coefficient (Wildman–Crippen LogP) is 15.6. The molecule has 10 aromatic carbocycles. The Hall–Kier alpha value is -6.74. The van der Waals surface area contributed by atoms with Crippen LogP contribution < -0.4 is 0 Å². The van der Waals surface area contributed by atoms with E-state index < -0.39 is 0 Å². The Balaban J connectivity index is 1.23. The molecule has 0 aliphatic heterocycles. The van der Waals surface area contributed by atoms with Crippen LogP contribution >= 0.6 is 11.3 Å². The first kappa shape index (κ1) is 29.8. The van der Waals surface area contributed by atoms with Crippen molar-refractivity contribution >= 4 is 96.5 Å². The molecule has 0 atom stereocenters. The van der Waals surface area contributed by atoms with Crippen molar-refractivity contribution in [2.45, 2.75) is 0 Å². The van der Waals surface area contributed by atoms with Crippen LogP contribution in [-0.4, -0.2) is 0 Å². The Morgan fingerprint density at radius 1 is 0.315 bits per heavy atom. The summed E-state index contributed by atoms with van der Waals surface area (Å²) in [4.78, 5) is 0. The molecule has 0 saturated heterocycles. The largest absolute Gasteiger partial charge is 0.456 e. The molecule has 0 unspecified atom stereocenters. The lowest BCUT2D eigenvalue weighted by Crippen LogP contribution is -1.92. The van der Waals surface area contributed by atoms with E-state index in [4.69, 9.17) is 4.42 Å². The van der Waals surface area contributed by atoms with Gasteiger partial charge in [-0.15, -0.1) is 11.3 Å². The summed E-state index contributed by atoms with van der Waals surface area (Å²) in [5.41, 5.74) is 9.23. The Bertz CT molecular complexity index is 3500. The fraction of sp³-hybridized carbons (Fsp3) is 0. The van der Waals surface area contributed by atoms with Crippen LogP contribution in [0, 0.1) is 0 Å². The van der Waals surface area contributed by atoms with Crippen LogP contribution in [0.15, 0.2) is 186 Å². The van der Waals surface area contributed by atoms with Crippen LogP contribution in [0.1, 0.15) is 0 Å². The molecule has 12 rings (SSSR count). The highest BCUT2D eigenvalue weighted by molar-refractivity contribution is 7.26. The third-order valence-corrected chi connectivity index (χ3v) is 12.6. The molecule has 0 spiro atoms. The monoisotopic (exact) mass is 702 g/mol. The van der Waals surface area contributed by atoms with Crippen LogP contribution in [-0.2, 0) is 0 Å². The highest BCUT2D eigenvalue weighted by atomic mass is 32.1. The normalized spacial score (nSPS) is 12.1. The van der Waals surface area contributed by atoms with E-state index in [1.165, 1.54) is 102 Å². The average molecular weight is 703 g/mol. The summed E-state index contributed by atoms with van der Waals surface area (Å²) in [6.07, 6.45) is 0. The first-order chi connectivity index (χ1) is 26.8. The number of hydrogen-bond donors (Lipinski definition) is 0.